The van der Waals surface area contributed by atoms with E-state index in [0.717, 1.165) is 99.1 Å². The first-order chi connectivity index (χ1) is 22.8. The lowest BCUT2D eigenvalue weighted by Crippen LogP contribution is -1.93. The fourth-order valence-corrected chi connectivity index (χ4v) is 7.22. The summed E-state index contributed by atoms with van der Waals surface area (Å²) in [4.78, 5) is 18.1. The number of hydrogen-bond acceptors (Lipinski definition) is 6. The van der Waals surface area contributed by atoms with Crippen molar-refractivity contribution in [2.24, 2.45) is 0 Å². The van der Waals surface area contributed by atoms with Crippen LogP contribution >= 0.6 is 0 Å². The van der Waals surface area contributed by atoms with Gasteiger partial charge >= 0.3 is 0 Å². The molecule has 8 nitrogen and oxygen atoms in total. The second kappa shape index (κ2) is 8.55. The summed E-state index contributed by atoms with van der Waals surface area (Å²) >= 11 is 0. The summed E-state index contributed by atoms with van der Waals surface area (Å²) in [5.74, 6) is 0. The van der Waals surface area contributed by atoms with Gasteiger partial charge in [0.2, 0.25) is 0 Å². The van der Waals surface area contributed by atoms with Crippen LogP contribution in [0.5, 0.6) is 0 Å². The number of aromatic nitrogens is 6. The summed E-state index contributed by atoms with van der Waals surface area (Å²) < 4.78 is 17.2. The molecule has 11 rings (SSSR count). The zero-order valence-corrected chi connectivity index (χ0v) is 24.0. The molecule has 0 atom stereocenters. The van der Waals surface area contributed by atoms with Crippen molar-refractivity contribution in [3.63, 3.8) is 0 Å². The Morgan fingerprint density at radius 3 is 1.43 bits per heavy atom. The van der Waals surface area contributed by atoms with E-state index in [9.17, 15) is 0 Å². The molecule has 0 fully saturated rings. The van der Waals surface area contributed by atoms with E-state index in [4.69, 9.17) is 8.83 Å². The number of nitrogens with zero attached hydrogens (tertiary/aromatic N) is 6. The topological polar surface area (TPSA) is 87.7 Å². The van der Waals surface area contributed by atoms with Crippen LogP contribution in [0.15, 0.2) is 131 Å². The molecule has 46 heavy (non-hydrogen) atoms. The van der Waals surface area contributed by atoms with Gasteiger partial charge in [-0.25, -0.2) is 0 Å². The molecule has 0 saturated carbocycles. The Bertz CT molecular complexity index is 2740. The Hall–Kier alpha value is -6.54. The van der Waals surface area contributed by atoms with Crippen LogP contribution in [0.3, 0.4) is 0 Å². The third kappa shape index (κ3) is 3.07. The molecule has 8 heterocycles. The van der Waals surface area contributed by atoms with Crippen molar-refractivity contribution >= 4 is 87.7 Å². The first-order valence-electron chi connectivity index (χ1n) is 15.0. The highest BCUT2D eigenvalue weighted by Gasteiger charge is 2.19. The standard InChI is InChI=1S/C38H20N6O2/c1-3-31-37(41-11-1)27-19-39-13-9-29(27)43(31)21-5-7-33-23(15-21)25-17-26-24-16-22(6-8-34(24)46-36(26)18-35(25)45-33)44-30-10-14-40-20-28(30)38-32(44)4-2-12-42-38/h1-20H. The van der Waals surface area contributed by atoms with Crippen LogP contribution in [-0.4, -0.2) is 29.1 Å². The number of rotatable bonds is 2. The minimum absolute atomic E-state index is 0.785. The molecular formula is C38H20N6O2. The maximum Gasteiger partial charge on any atom is 0.139 e. The van der Waals surface area contributed by atoms with Crippen molar-refractivity contribution in [1.82, 2.24) is 29.1 Å². The van der Waals surface area contributed by atoms with E-state index in [1.807, 2.05) is 79.6 Å². The van der Waals surface area contributed by atoms with E-state index in [-0.39, 0.29) is 0 Å². The average Bonchev–Trinajstić information content (AvgIpc) is 3.84. The summed E-state index contributed by atoms with van der Waals surface area (Å²) in [6.45, 7) is 0. The Labute approximate surface area is 258 Å². The maximum absolute atomic E-state index is 6.37. The largest absolute Gasteiger partial charge is 0.456 e. The molecule has 3 aromatic carbocycles. The van der Waals surface area contributed by atoms with Gasteiger partial charge < -0.3 is 18.0 Å². The number of fused-ring (bicyclic) bond motifs is 12. The van der Waals surface area contributed by atoms with E-state index in [1.165, 1.54) is 0 Å². The van der Waals surface area contributed by atoms with Crippen LogP contribution in [0.4, 0.5) is 0 Å². The monoisotopic (exact) mass is 592 g/mol. The molecule has 214 valence electrons. The quantitative estimate of drug-likeness (QED) is 0.199. The normalized spacial score (nSPS) is 12.3. The molecule has 8 aromatic heterocycles. The van der Waals surface area contributed by atoms with Crippen molar-refractivity contribution < 1.29 is 8.83 Å². The van der Waals surface area contributed by atoms with E-state index < -0.39 is 0 Å². The van der Waals surface area contributed by atoms with Crippen molar-refractivity contribution in [1.29, 1.82) is 0 Å². The molecular weight excluding hydrogens is 572 g/mol. The average molecular weight is 593 g/mol. The van der Waals surface area contributed by atoms with Gasteiger partial charge in [0.05, 0.1) is 33.1 Å². The summed E-state index contributed by atoms with van der Waals surface area (Å²) in [5.41, 5.74) is 11.3. The SMILES string of the molecule is c1cnc2c3cnccc3n(-c3ccc4oc5cc6oc7ccc(-n8c9ccncc9c9ncccc98)cc7c6cc5c4c3)c2c1. The van der Waals surface area contributed by atoms with Crippen LogP contribution in [0.2, 0.25) is 0 Å². The van der Waals surface area contributed by atoms with Gasteiger partial charge in [0.25, 0.3) is 0 Å². The molecule has 0 unspecified atom stereocenters. The molecule has 0 radical (unpaired) electrons. The van der Waals surface area contributed by atoms with Gasteiger partial charge in [-0.1, -0.05) is 0 Å². The molecule has 0 aliphatic rings. The van der Waals surface area contributed by atoms with E-state index >= 15 is 0 Å². The second-order valence-corrected chi connectivity index (χ2v) is 11.6. The predicted octanol–water partition coefficient (Wildman–Crippen LogP) is 9.26. The summed E-state index contributed by atoms with van der Waals surface area (Å²) in [7, 11) is 0. The fraction of sp³-hybridized carbons (Fsp3) is 0. The molecule has 0 amide bonds. The van der Waals surface area contributed by atoms with Crippen LogP contribution in [0, 0.1) is 0 Å². The van der Waals surface area contributed by atoms with Gasteiger partial charge in [-0.05, 0) is 78.9 Å². The number of pyridine rings is 4. The first kappa shape index (κ1) is 23.9. The smallest absolute Gasteiger partial charge is 0.139 e. The number of furan rings is 2. The Morgan fingerprint density at radius 2 is 0.913 bits per heavy atom. The third-order valence-corrected chi connectivity index (χ3v) is 9.19. The highest BCUT2D eigenvalue weighted by Crippen LogP contribution is 2.40. The van der Waals surface area contributed by atoms with Crippen molar-refractivity contribution in [2.75, 3.05) is 0 Å². The van der Waals surface area contributed by atoms with Gasteiger partial charge in [-0.3, -0.25) is 19.9 Å². The molecule has 11 aromatic rings. The van der Waals surface area contributed by atoms with E-state index in [2.05, 4.69) is 71.5 Å². The molecule has 8 heteroatoms. The van der Waals surface area contributed by atoms with Crippen LogP contribution < -0.4 is 0 Å². The molecule has 0 N–H and O–H groups in total. The molecule has 0 saturated heterocycles. The number of benzene rings is 3. The summed E-state index contributed by atoms with van der Waals surface area (Å²) in [6.07, 6.45) is 11.1. The maximum atomic E-state index is 6.37. The lowest BCUT2D eigenvalue weighted by Gasteiger charge is -2.07. The number of hydrogen-bond donors (Lipinski definition) is 0. The highest BCUT2D eigenvalue weighted by atomic mass is 16.3. The van der Waals surface area contributed by atoms with E-state index in [1.54, 1.807) is 0 Å². The first-order valence-corrected chi connectivity index (χ1v) is 15.0. The van der Waals surface area contributed by atoms with Gasteiger partial charge in [0.1, 0.15) is 22.3 Å². The highest BCUT2D eigenvalue weighted by molar-refractivity contribution is 6.16. The van der Waals surface area contributed by atoms with Crippen LogP contribution in [0.1, 0.15) is 0 Å². The molecule has 0 aliphatic carbocycles. The van der Waals surface area contributed by atoms with Crippen LogP contribution in [0.25, 0.3) is 99.1 Å². The lowest BCUT2D eigenvalue weighted by atomic mass is 10.1. The van der Waals surface area contributed by atoms with Crippen molar-refractivity contribution in [3.05, 3.63) is 122 Å². The second-order valence-electron chi connectivity index (χ2n) is 11.6. The van der Waals surface area contributed by atoms with Gasteiger partial charge in [0.15, 0.2) is 0 Å². The fourth-order valence-electron chi connectivity index (χ4n) is 7.22. The Kier molecular flexibility index (Phi) is 4.43. The summed E-state index contributed by atoms with van der Waals surface area (Å²) in [6, 6.07) is 29.1. The van der Waals surface area contributed by atoms with Crippen molar-refractivity contribution in [3.8, 4) is 11.4 Å². The Balaban J connectivity index is 1.16. The molecule has 0 bridgehead atoms. The predicted molar refractivity (Wildman–Crippen MR) is 181 cm³/mol. The minimum atomic E-state index is 0.785. The van der Waals surface area contributed by atoms with Gasteiger partial charge in [-0.2, -0.15) is 0 Å². The molecule has 0 spiro atoms. The zero-order valence-electron chi connectivity index (χ0n) is 24.0. The Morgan fingerprint density at radius 1 is 0.413 bits per heavy atom. The van der Waals surface area contributed by atoms with Gasteiger partial charge in [0, 0.05) is 86.9 Å². The lowest BCUT2D eigenvalue weighted by molar-refractivity contribution is 0.656. The van der Waals surface area contributed by atoms with Crippen LogP contribution in [-0.2, 0) is 0 Å². The van der Waals surface area contributed by atoms with Crippen molar-refractivity contribution in [2.45, 2.75) is 0 Å². The summed E-state index contributed by atoms with van der Waals surface area (Å²) in [5, 5.41) is 6.18. The molecule has 0 aliphatic heterocycles. The zero-order chi connectivity index (χ0) is 29.9. The van der Waals surface area contributed by atoms with E-state index in [0.29, 0.717) is 0 Å². The van der Waals surface area contributed by atoms with Gasteiger partial charge in [-0.15, -0.1) is 0 Å². The third-order valence-electron chi connectivity index (χ3n) is 9.19. The minimum Gasteiger partial charge on any atom is -0.456 e.